The number of hydrogen-bond acceptors (Lipinski definition) is 4. The van der Waals surface area contributed by atoms with Crippen LogP contribution >= 0.6 is 0 Å². The van der Waals surface area contributed by atoms with Gasteiger partial charge in [-0.15, -0.1) is 0 Å². The van der Waals surface area contributed by atoms with Crippen molar-refractivity contribution in [3.63, 3.8) is 0 Å². The first-order chi connectivity index (χ1) is 13.3. The number of carbonyl (C=O) groups excluding carboxylic acids is 1. The average molecular weight is 382 g/mol. The molecule has 1 aromatic carbocycles. The highest BCUT2D eigenvalue weighted by atomic mass is 19.1. The zero-order chi connectivity index (χ0) is 20.1. The van der Waals surface area contributed by atoms with Gasteiger partial charge < -0.3 is 11.1 Å². The maximum atomic E-state index is 16.4. The van der Waals surface area contributed by atoms with Gasteiger partial charge in [0, 0.05) is 18.4 Å². The number of halogens is 2. The molecule has 2 aromatic rings. The van der Waals surface area contributed by atoms with E-state index in [-0.39, 0.29) is 24.4 Å². The Kier molecular flexibility index (Phi) is 4.25. The van der Waals surface area contributed by atoms with Crippen LogP contribution in [0, 0.1) is 13.8 Å². The smallest absolute Gasteiger partial charge is 0.255 e. The molecule has 1 aromatic heterocycles. The number of anilines is 1. The van der Waals surface area contributed by atoms with E-state index in [1.54, 1.807) is 19.1 Å². The Morgan fingerprint density at radius 3 is 2.64 bits per heavy atom. The highest BCUT2D eigenvalue weighted by Gasteiger charge is 2.47. The van der Waals surface area contributed by atoms with Crippen LogP contribution in [0.4, 0.5) is 14.7 Å². The number of aromatic nitrogens is 2. The lowest BCUT2D eigenvalue weighted by atomic mass is 9.75. The molecule has 2 atom stereocenters. The van der Waals surface area contributed by atoms with Crippen LogP contribution < -0.4 is 11.1 Å². The van der Waals surface area contributed by atoms with Crippen LogP contribution in [0.2, 0.25) is 0 Å². The lowest BCUT2D eigenvalue weighted by Gasteiger charge is -2.39. The minimum absolute atomic E-state index is 0.0430. The number of aryl methyl sites for hydroxylation is 2. The number of nitrogens with zero attached hydrogens (tertiary/aromatic N) is 2. The van der Waals surface area contributed by atoms with Crippen LogP contribution in [0.15, 0.2) is 42.2 Å². The van der Waals surface area contributed by atoms with Crippen LogP contribution in [0.25, 0.3) is 5.57 Å². The molecule has 0 fully saturated rings. The zero-order valence-electron chi connectivity index (χ0n) is 15.6. The van der Waals surface area contributed by atoms with E-state index >= 15 is 4.39 Å². The van der Waals surface area contributed by atoms with Gasteiger partial charge in [-0.1, -0.05) is 29.8 Å². The maximum Gasteiger partial charge on any atom is 0.255 e. The fourth-order valence-corrected chi connectivity index (χ4v) is 3.91. The summed E-state index contributed by atoms with van der Waals surface area (Å²) in [5.41, 5.74) is 6.73. The Hall–Kier alpha value is -3.09. The summed E-state index contributed by atoms with van der Waals surface area (Å²) in [6.45, 7) is 3.59. The third-order valence-electron chi connectivity index (χ3n) is 5.35. The molecule has 144 valence electrons. The topological polar surface area (TPSA) is 80.9 Å². The molecule has 1 aliphatic carbocycles. The van der Waals surface area contributed by atoms with E-state index in [0.717, 1.165) is 5.56 Å². The second-order valence-corrected chi connectivity index (χ2v) is 7.30. The highest BCUT2D eigenvalue weighted by molar-refractivity contribution is 5.98. The number of alkyl halides is 1. The van der Waals surface area contributed by atoms with Crippen molar-refractivity contribution in [2.24, 2.45) is 0 Å². The van der Waals surface area contributed by atoms with Gasteiger partial charge in [0.05, 0.1) is 23.0 Å². The summed E-state index contributed by atoms with van der Waals surface area (Å²) >= 11 is 0. The van der Waals surface area contributed by atoms with E-state index in [9.17, 15) is 9.18 Å². The number of amides is 1. The van der Waals surface area contributed by atoms with Crippen LogP contribution in [-0.2, 0) is 6.42 Å². The van der Waals surface area contributed by atoms with Crippen LogP contribution in [0.3, 0.4) is 0 Å². The number of benzene rings is 1. The quantitative estimate of drug-likeness (QED) is 0.834. The molecule has 2 unspecified atom stereocenters. The minimum Gasteiger partial charge on any atom is -0.368 e. The molecule has 0 saturated heterocycles. The van der Waals surface area contributed by atoms with Crippen molar-refractivity contribution in [2.75, 3.05) is 5.73 Å². The van der Waals surface area contributed by atoms with Gasteiger partial charge in [-0.2, -0.15) is 0 Å². The highest BCUT2D eigenvalue weighted by Crippen LogP contribution is 2.43. The van der Waals surface area contributed by atoms with Crippen molar-refractivity contribution in [2.45, 2.75) is 38.4 Å². The van der Waals surface area contributed by atoms with E-state index < -0.39 is 23.4 Å². The van der Waals surface area contributed by atoms with E-state index in [2.05, 4.69) is 15.3 Å². The number of allylic oxidation sites excluding steroid dienone is 3. The largest absolute Gasteiger partial charge is 0.368 e. The molecule has 2 heterocycles. The second-order valence-electron chi connectivity index (χ2n) is 7.30. The summed E-state index contributed by atoms with van der Waals surface area (Å²) in [7, 11) is 0. The van der Waals surface area contributed by atoms with Gasteiger partial charge in [-0.05, 0) is 31.6 Å². The summed E-state index contributed by atoms with van der Waals surface area (Å²) in [6, 6.07) is 6.31. The molecular weight excluding hydrogens is 362 g/mol. The van der Waals surface area contributed by atoms with Crippen molar-refractivity contribution in [3.05, 3.63) is 70.3 Å². The van der Waals surface area contributed by atoms with E-state index in [4.69, 9.17) is 5.73 Å². The van der Waals surface area contributed by atoms with E-state index in [1.165, 1.54) is 12.2 Å². The van der Waals surface area contributed by atoms with Gasteiger partial charge in [0.1, 0.15) is 5.83 Å². The fraction of sp³-hybridized carbons (Fsp3) is 0.286. The molecule has 5 nitrogen and oxygen atoms in total. The zero-order valence-corrected chi connectivity index (χ0v) is 15.6. The Morgan fingerprint density at radius 1 is 1.21 bits per heavy atom. The third kappa shape index (κ3) is 2.96. The number of nitrogen functional groups attached to an aromatic ring is 1. The number of carbonyl (C=O) groups is 1. The van der Waals surface area contributed by atoms with Crippen molar-refractivity contribution >= 4 is 17.4 Å². The van der Waals surface area contributed by atoms with Gasteiger partial charge in [0.2, 0.25) is 5.95 Å². The third-order valence-corrected chi connectivity index (χ3v) is 5.35. The predicted octanol–water partition coefficient (Wildman–Crippen LogP) is 3.38. The first-order valence-corrected chi connectivity index (χ1v) is 9.05. The Morgan fingerprint density at radius 2 is 1.93 bits per heavy atom. The standard InChI is InChI=1S/C21H20F2N4O/c1-11-3-5-13(6-4-11)15-9-14(22)7-8-21(15,23)17-10-16-18(19(28)27-17)12(2)25-20(24)26-16/h3-7,9,17H,8,10H2,1-2H3,(H,27,28)(H2,24,25,26). The molecule has 0 spiro atoms. The summed E-state index contributed by atoms with van der Waals surface area (Å²) < 4.78 is 30.4. The van der Waals surface area contributed by atoms with Gasteiger partial charge >= 0.3 is 0 Å². The number of nitrogens with two attached hydrogens (primary N) is 1. The van der Waals surface area contributed by atoms with Gasteiger partial charge in [0.15, 0.2) is 5.67 Å². The molecular formula is C21H20F2N4O. The first kappa shape index (κ1) is 18.3. The van der Waals surface area contributed by atoms with Crippen LogP contribution in [0.1, 0.15) is 39.3 Å². The minimum atomic E-state index is -1.98. The molecule has 7 heteroatoms. The van der Waals surface area contributed by atoms with E-state index in [0.29, 0.717) is 22.5 Å². The lowest BCUT2D eigenvalue weighted by Crippen LogP contribution is -2.55. The van der Waals surface area contributed by atoms with Gasteiger partial charge in [-0.25, -0.2) is 18.7 Å². The van der Waals surface area contributed by atoms with Crippen molar-refractivity contribution in [1.82, 2.24) is 15.3 Å². The van der Waals surface area contributed by atoms with E-state index in [1.807, 2.05) is 19.1 Å². The Bertz CT molecular complexity index is 1030. The van der Waals surface area contributed by atoms with Crippen LogP contribution in [-0.4, -0.2) is 27.6 Å². The Balaban J connectivity index is 1.77. The molecule has 2 aliphatic rings. The molecule has 0 bridgehead atoms. The second kappa shape index (κ2) is 6.51. The normalized spacial score (nSPS) is 24.1. The summed E-state index contributed by atoms with van der Waals surface area (Å²) in [4.78, 5) is 20.8. The fourth-order valence-electron chi connectivity index (χ4n) is 3.91. The maximum absolute atomic E-state index is 16.4. The molecule has 28 heavy (non-hydrogen) atoms. The van der Waals surface area contributed by atoms with Crippen molar-refractivity contribution < 1.29 is 13.6 Å². The number of rotatable bonds is 2. The van der Waals surface area contributed by atoms with Crippen molar-refractivity contribution in [1.29, 1.82) is 0 Å². The molecule has 1 amide bonds. The summed E-state index contributed by atoms with van der Waals surface area (Å²) in [5.74, 6) is -0.894. The van der Waals surface area contributed by atoms with Crippen LogP contribution in [0.5, 0.6) is 0 Å². The number of nitrogens with one attached hydrogen (secondary N) is 1. The molecule has 0 saturated carbocycles. The lowest BCUT2D eigenvalue weighted by molar-refractivity contribution is 0.0845. The van der Waals surface area contributed by atoms with Crippen molar-refractivity contribution in [3.8, 4) is 0 Å². The van der Waals surface area contributed by atoms with Gasteiger partial charge in [-0.3, -0.25) is 4.79 Å². The number of fused-ring (bicyclic) bond motifs is 1. The van der Waals surface area contributed by atoms with Gasteiger partial charge in [0.25, 0.3) is 5.91 Å². The first-order valence-electron chi connectivity index (χ1n) is 9.05. The predicted molar refractivity (Wildman–Crippen MR) is 103 cm³/mol. The monoisotopic (exact) mass is 382 g/mol. The summed E-state index contributed by atoms with van der Waals surface area (Å²) in [5, 5.41) is 2.74. The molecule has 1 aliphatic heterocycles. The Labute approximate surface area is 161 Å². The SMILES string of the molecule is Cc1ccc(C2=CC(F)=CCC2(F)C2Cc3nc(N)nc(C)c3C(=O)N2)cc1. The average Bonchev–Trinajstić information content (AvgIpc) is 2.63. The molecule has 4 rings (SSSR count). The number of hydrogen-bond donors (Lipinski definition) is 2. The molecule has 0 radical (unpaired) electrons. The molecule has 3 N–H and O–H groups in total. The summed E-state index contributed by atoms with van der Waals surface area (Å²) in [6.07, 6.45) is 2.37.